The number of nitrogens with zero attached hydrogens (tertiary/aromatic N) is 3. The van der Waals surface area contributed by atoms with Gasteiger partial charge < -0.3 is 11.1 Å². The molecular weight excluding hydrogens is 473 g/mol. The highest BCUT2D eigenvalue weighted by Gasteiger charge is 2.11. The van der Waals surface area contributed by atoms with Crippen molar-refractivity contribution in [2.45, 2.75) is 39.0 Å². The van der Waals surface area contributed by atoms with E-state index in [0.717, 1.165) is 36.3 Å². The predicted octanol–water partition coefficient (Wildman–Crippen LogP) is 4.65. The fourth-order valence-electron chi connectivity index (χ4n) is 3.76. The molecule has 152 valence electrons. The van der Waals surface area contributed by atoms with Crippen molar-refractivity contribution >= 4 is 35.6 Å². The summed E-state index contributed by atoms with van der Waals surface area (Å²) in [6, 6.07) is 16.7. The number of aliphatic imine (C=N–C) groups is 1. The van der Waals surface area contributed by atoms with Crippen LogP contribution in [0.5, 0.6) is 0 Å². The van der Waals surface area contributed by atoms with Gasteiger partial charge in [0.1, 0.15) is 0 Å². The third-order valence-corrected chi connectivity index (χ3v) is 5.28. The van der Waals surface area contributed by atoms with Gasteiger partial charge in [0.15, 0.2) is 5.96 Å². The molecule has 5 nitrogen and oxygen atoms in total. The molecular formula is C23H28IN5. The molecule has 1 aliphatic carbocycles. The van der Waals surface area contributed by atoms with Crippen molar-refractivity contribution in [3.63, 3.8) is 0 Å². The Kier molecular flexibility index (Phi) is 7.30. The summed E-state index contributed by atoms with van der Waals surface area (Å²) in [7, 11) is 0. The van der Waals surface area contributed by atoms with E-state index in [4.69, 9.17) is 5.73 Å². The lowest BCUT2D eigenvalue weighted by Crippen LogP contribution is -2.23. The lowest BCUT2D eigenvalue weighted by atomic mass is 10.1. The topological polar surface area (TPSA) is 68.2 Å². The maximum Gasteiger partial charge on any atom is 0.193 e. The summed E-state index contributed by atoms with van der Waals surface area (Å²) < 4.78 is 1.94. The van der Waals surface area contributed by atoms with Crippen molar-refractivity contribution in [1.29, 1.82) is 0 Å². The highest BCUT2D eigenvalue weighted by Crippen LogP contribution is 2.24. The predicted molar refractivity (Wildman–Crippen MR) is 131 cm³/mol. The molecule has 29 heavy (non-hydrogen) atoms. The van der Waals surface area contributed by atoms with Gasteiger partial charge in [-0.25, -0.2) is 4.68 Å². The Labute approximate surface area is 189 Å². The first-order valence-electron chi connectivity index (χ1n) is 9.98. The van der Waals surface area contributed by atoms with E-state index in [-0.39, 0.29) is 24.0 Å². The van der Waals surface area contributed by atoms with Crippen molar-refractivity contribution in [1.82, 2.24) is 9.78 Å². The molecule has 3 N–H and O–H groups in total. The summed E-state index contributed by atoms with van der Waals surface area (Å²) >= 11 is 0. The van der Waals surface area contributed by atoms with Crippen molar-refractivity contribution in [2.75, 3.05) is 11.9 Å². The number of halogens is 1. The van der Waals surface area contributed by atoms with Crippen LogP contribution < -0.4 is 11.1 Å². The molecule has 6 heteroatoms. The first kappa shape index (κ1) is 21.4. The van der Waals surface area contributed by atoms with E-state index < -0.39 is 0 Å². The number of benzene rings is 2. The van der Waals surface area contributed by atoms with E-state index in [1.165, 1.54) is 29.5 Å². The van der Waals surface area contributed by atoms with E-state index in [1.54, 1.807) is 0 Å². The SMILES string of the molecule is Cc1nn(-c2ccccc2)cc1CCCN=C(N)Nc1ccc2c(c1)CCC2.I. The van der Waals surface area contributed by atoms with Crippen LogP contribution in [0, 0.1) is 6.92 Å². The summed E-state index contributed by atoms with van der Waals surface area (Å²) in [6.07, 6.45) is 7.60. The third-order valence-electron chi connectivity index (χ3n) is 5.28. The zero-order chi connectivity index (χ0) is 19.3. The summed E-state index contributed by atoms with van der Waals surface area (Å²) in [6.45, 7) is 2.75. The molecule has 0 bridgehead atoms. The Morgan fingerprint density at radius 2 is 1.93 bits per heavy atom. The van der Waals surface area contributed by atoms with Crippen LogP contribution in [0.15, 0.2) is 59.7 Å². The number of aryl methyl sites for hydroxylation is 4. The largest absolute Gasteiger partial charge is 0.370 e. The van der Waals surface area contributed by atoms with Gasteiger partial charge >= 0.3 is 0 Å². The van der Waals surface area contributed by atoms with E-state index in [0.29, 0.717) is 12.5 Å². The Balaban J connectivity index is 0.00000240. The van der Waals surface area contributed by atoms with Gasteiger partial charge in [-0.3, -0.25) is 4.99 Å². The monoisotopic (exact) mass is 501 g/mol. The van der Waals surface area contributed by atoms with Crippen molar-refractivity contribution in [3.8, 4) is 5.69 Å². The van der Waals surface area contributed by atoms with E-state index in [2.05, 4.69) is 58.9 Å². The highest BCUT2D eigenvalue weighted by molar-refractivity contribution is 14.0. The number of nitrogens with two attached hydrogens (primary N) is 1. The van der Waals surface area contributed by atoms with Gasteiger partial charge in [-0.15, -0.1) is 24.0 Å². The highest BCUT2D eigenvalue weighted by atomic mass is 127. The van der Waals surface area contributed by atoms with Gasteiger partial charge in [0, 0.05) is 18.4 Å². The van der Waals surface area contributed by atoms with Crippen LogP contribution in [-0.2, 0) is 19.3 Å². The number of guanidine groups is 1. The lowest BCUT2D eigenvalue weighted by molar-refractivity contribution is 0.827. The molecule has 0 fully saturated rings. The van der Waals surface area contributed by atoms with Crippen LogP contribution in [0.25, 0.3) is 5.69 Å². The molecule has 0 saturated carbocycles. The number of hydrogen-bond acceptors (Lipinski definition) is 2. The van der Waals surface area contributed by atoms with Crippen LogP contribution in [0.4, 0.5) is 5.69 Å². The lowest BCUT2D eigenvalue weighted by Gasteiger charge is -2.08. The number of aromatic nitrogens is 2. The van der Waals surface area contributed by atoms with Gasteiger partial charge in [-0.05, 0) is 80.0 Å². The van der Waals surface area contributed by atoms with Crippen molar-refractivity contribution < 1.29 is 0 Å². The van der Waals surface area contributed by atoms with E-state index in [1.807, 2.05) is 22.9 Å². The van der Waals surface area contributed by atoms with E-state index in [9.17, 15) is 0 Å². The minimum absolute atomic E-state index is 0. The molecule has 3 aromatic rings. The third kappa shape index (κ3) is 5.38. The first-order valence-corrected chi connectivity index (χ1v) is 9.98. The average molecular weight is 501 g/mol. The van der Waals surface area contributed by atoms with Gasteiger partial charge in [0.2, 0.25) is 0 Å². The molecule has 1 heterocycles. The van der Waals surface area contributed by atoms with Gasteiger partial charge in [-0.1, -0.05) is 24.3 Å². The minimum Gasteiger partial charge on any atom is -0.370 e. The second-order valence-corrected chi connectivity index (χ2v) is 7.35. The van der Waals surface area contributed by atoms with Crippen molar-refractivity contribution in [3.05, 3.63) is 77.1 Å². The van der Waals surface area contributed by atoms with Crippen molar-refractivity contribution in [2.24, 2.45) is 10.7 Å². The fourth-order valence-corrected chi connectivity index (χ4v) is 3.76. The summed E-state index contributed by atoms with van der Waals surface area (Å²) in [5, 5.41) is 7.84. The molecule has 0 aliphatic heterocycles. The molecule has 0 spiro atoms. The maximum atomic E-state index is 6.06. The number of fused-ring (bicyclic) bond motifs is 1. The molecule has 1 aromatic heterocycles. The second kappa shape index (κ2) is 9.91. The molecule has 4 rings (SSSR count). The fraction of sp³-hybridized carbons (Fsp3) is 0.304. The number of hydrogen-bond donors (Lipinski definition) is 2. The zero-order valence-corrected chi connectivity index (χ0v) is 19.1. The number of anilines is 1. The smallest absolute Gasteiger partial charge is 0.193 e. The number of para-hydroxylation sites is 1. The Hall–Kier alpha value is -2.35. The van der Waals surface area contributed by atoms with Crippen LogP contribution in [0.2, 0.25) is 0 Å². The van der Waals surface area contributed by atoms with Crippen LogP contribution in [-0.4, -0.2) is 22.3 Å². The summed E-state index contributed by atoms with van der Waals surface area (Å²) in [5.41, 5.74) is 13.4. The van der Waals surface area contributed by atoms with Crippen LogP contribution in [0.1, 0.15) is 35.2 Å². The zero-order valence-electron chi connectivity index (χ0n) is 16.8. The Morgan fingerprint density at radius 3 is 2.76 bits per heavy atom. The normalized spacial score (nSPS) is 13.1. The van der Waals surface area contributed by atoms with Crippen LogP contribution >= 0.6 is 24.0 Å². The van der Waals surface area contributed by atoms with Gasteiger partial charge in [0.05, 0.1) is 11.4 Å². The van der Waals surface area contributed by atoms with Crippen LogP contribution in [0.3, 0.4) is 0 Å². The molecule has 1 aliphatic rings. The number of nitrogens with one attached hydrogen (secondary N) is 1. The second-order valence-electron chi connectivity index (χ2n) is 7.35. The van der Waals surface area contributed by atoms with Gasteiger partial charge in [-0.2, -0.15) is 5.10 Å². The number of rotatable bonds is 6. The quantitative estimate of drug-likeness (QED) is 0.224. The summed E-state index contributed by atoms with van der Waals surface area (Å²) in [4.78, 5) is 4.48. The van der Waals surface area contributed by atoms with E-state index >= 15 is 0 Å². The molecule has 0 radical (unpaired) electrons. The molecule has 0 atom stereocenters. The maximum absolute atomic E-state index is 6.06. The summed E-state index contributed by atoms with van der Waals surface area (Å²) in [5.74, 6) is 0.481. The standard InChI is InChI=1S/C23H27N5.HI/c1-17-20(16-28(27-17)22-10-3-2-4-11-22)9-6-14-25-23(24)26-21-13-12-18-7-5-8-19(18)15-21;/h2-4,10-13,15-16H,5-9,14H2,1H3,(H3,24,25,26);1H. The Bertz CT molecular complexity index is 978. The molecule has 0 amide bonds. The Morgan fingerprint density at radius 1 is 1.14 bits per heavy atom. The first-order chi connectivity index (χ1) is 13.7. The molecule has 0 unspecified atom stereocenters. The van der Waals surface area contributed by atoms with Gasteiger partial charge in [0.25, 0.3) is 0 Å². The molecule has 0 saturated heterocycles. The molecule has 2 aromatic carbocycles. The average Bonchev–Trinajstić information content (AvgIpc) is 3.32. The minimum atomic E-state index is 0.